The molecule has 1 aromatic carbocycles. The molecule has 7 heteroatoms. The van der Waals surface area contributed by atoms with Crippen molar-refractivity contribution in [2.75, 3.05) is 25.1 Å². The molecular formula is C18H19F3N2O2. The van der Waals surface area contributed by atoms with Crippen molar-refractivity contribution in [3.05, 3.63) is 36.0 Å². The lowest BCUT2D eigenvalue weighted by atomic mass is 9.89. The van der Waals surface area contributed by atoms with Crippen LogP contribution < -0.4 is 4.90 Å². The van der Waals surface area contributed by atoms with Gasteiger partial charge in [-0.2, -0.15) is 13.2 Å². The standard InChI is InChI=1S/C18H19F3N2O2/c1-11-8-12(17(24)25-2)10-23(9-11)15-6-5-14(18(19,20)21)16-13(15)4-3-7-22-16/h3-7,11-12H,8-10H2,1-2H3. The summed E-state index contributed by atoms with van der Waals surface area (Å²) in [6.45, 7) is 3.11. The van der Waals surface area contributed by atoms with E-state index in [2.05, 4.69) is 4.98 Å². The number of rotatable bonds is 2. The molecule has 1 saturated heterocycles. The molecule has 3 rings (SSSR count). The third kappa shape index (κ3) is 3.41. The van der Waals surface area contributed by atoms with Crippen LogP contribution in [0.1, 0.15) is 18.9 Å². The predicted molar refractivity (Wildman–Crippen MR) is 88.2 cm³/mol. The van der Waals surface area contributed by atoms with Gasteiger partial charge >= 0.3 is 12.1 Å². The van der Waals surface area contributed by atoms with Gasteiger partial charge in [-0.1, -0.05) is 6.92 Å². The van der Waals surface area contributed by atoms with Gasteiger partial charge < -0.3 is 9.64 Å². The van der Waals surface area contributed by atoms with Crippen LogP contribution >= 0.6 is 0 Å². The van der Waals surface area contributed by atoms with Crippen LogP contribution in [0.3, 0.4) is 0 Å². The summed E-state index contributed by atoms with van der Waals surface area (Å²) < 4.78 is 44.6. The predicted octanol–water partition coefficient (Wildman–Crippen LogP) is 3.89. The maximum Gasteiger partial charge on any atom is 0.418 e. The van der Waals surface area contributed by atoms with Crippen molar-refractivity contribution in [1.29, 1.82) is 0 Å². The largest absolute Gasteiger partial charge is 0.469 e. The molecule has 0 radical (unpaired) electrons. The van der Waals surface area contributed by atoms with Gasteiger partial charge in [-0.15, -0.1) is 0 Å². The molecule has 2 heterocycles. The van der Waals surface area contributed by atoms with Crippen LogP contribution in [-0.2, 0) is 15.7 Å². The summed E-state index contributed by atoms with van der Waals surface area (Å²) in [5, 5.41) is 0.440. The zero-order valence-corrected chi connectivity index (χ0v) is 14.0. The lowest BCUT2D eigenvalue weighted by Crippen LogP contribution is -2.43. The Bertz CT molecular complexity index is 791. The van der Waals surface area contributed by atoms with Gasteiger partial charge in [0.05, 0.1) is 24.1 Å². The van der Waals surface area contributed by atoms with Crippen LogP contribution in [0.5, 0.6) is 0 Å². The number of benzene rings is 1. The number of carbonyl (C=O) groups is 1. The summed E-state index contributed by atoms with van der Waals surface area (Å²) in [5.74, 6) is -0.347. The summed E-state index contributed by atoms with van der Waals surface area (Å²) >= 11 is 0. The van der Waals surface area contributed by atoms with Crippen molar-refractivity contribution in [1.82, 2.24) is 4.98 Å². The van der Waals surface area contributed by atoms with Gasteiger partial charge in [0.1, 0.15) is 0 Å². The van der Waals surface area contributed by atoms with Crippen molar-refractivity contribution >= 4 is 22.6 Å². The van der Waals surface area contributed by atoms with E-state index < -0.39 is 11.7 Å². The highest BCUT2D eigenvalue weighted by Crippen LogP contribution is 2.39. The number of nitrogens with zero attached hydrogens (tertiary/aromatic N) is 2. The number of pyridine rings is 1. The number of ether oxygens (including phenoxy) is 1. The first-order valence-corrected chi connectivity index (χ1v) is 8.09. The van der Waals surface area contributed by atoms with E-state index in [0.717, 1.165) is 6.07 Å². The van der Waals surface area contributed by atoms with E-state index >= 15 is 0 Å². The number of anilines is 1. The fourth-order valence-corrected chi connectivity index (χ4v) is 3.55. The Hall–Kier alpha value is -2.31. The molecule has 1 fully saturated rings. The molecule has 2 unspecified atom stereocenters. The molecule has 1 aliphatic rings. The average molecular weight is 352 g/mol. The van der Waals surface area contributed by atoms with Crippen LogP contribution in [0.25, 0.3) is 10.9 Å². The van der Waals surface area contributed by atoms with Gasteiger partial charge in [0.15, 0.2) is 0 Å². The SMILES string of the molecule is COC(=O)C1CC(C)CN(c2ccc(C(F)(F)F)c3ncccc23)C1. The topological polar surface area (TPSA) is 42.4 Å². The Morgan fingerprint density at radius 3 is 2.72 bits per heavy atom. The summed E-state index contributed by atoms with van der Waals surface area (Å²) in [6, 6.07) is 5.80. The summed E-state index contributed by atoms with van der Waals surface area (Å²) in [4.78, 5) is 17.8. The third-order valence-electron chi connectivity index (χ3n) is 4.59. The minimum atomic E-state index is -4.46. The zero-order valence-electron chi connectivity index (χ0n) is 14.0. The normalized spacial score (nSPS) is 21.4. The first-order chi connectivity index (χ1) is 11.8. The minimum absolute atomic E-state index is 0.0691. The van der Waals surface area contributed by atoms with E-state index in [-0.39, 0.29) is 23.3 Å². The third-order valence-corrected chi connectivity index (χ3v) is 4.59. The van der Waals surface area contributed by atoms with Gasteiger partial charge in [-0.05, 0) is 36.6 Å². The molecule has 0 amide bonds. The minimum Gasteiger partial charge on any atom is -0.469 e. The van der Waals surface area contributed by atoms with Crippen LogP contribution in [0, 0.1) is 11.8 Å². The molecular weight excluding hydrogens is 333 g/mol. The molecule has 4 nitrogen and oxygen atoms in total. The molecule has 2 aromatic rings. The first-order valence-electron chi connectivity index (χ1n) is 8.09. The lowest BCUT2D eigenvalue weighted by Gasteiger charge is -2.37. The fraction of sp³-hybridized carbons (Fsp3) is 0.444. The van der Waals surface area contributed by atoms with Gasteiger partial charge in [-0.25, -0.2) is 0 Å². The number of aromatic nitrogens is 1. The van der Waals surface area contributed by atoms with Crippen molar-refractivity contribution in [3.8, 4) is 0 Å². The zero-order chi connectivity index (χ0) is 18.2. The molecule has 1 aliphatic heterocycles. The second kappa shape index (κ2) is 6.54. The Balaban J connectivity index is 2.05. The van der Waals surface area contributed by atoms with Gasteiger partial charge in [0.25, 0.3) is 0 Å². The Morgan fingerprint density at radius 2 is 2.04 bits per heavy atom. The summed E-state index contributed by atoms with van der Waals surface area (Å²) in [7, 11) is 1.35. The molecule has 1 aromatic heterocycles. The van der Waals surface area contributed by atoms with Crippen LogP contribution in [0.15, 0.2) is 30.5 Å². The maximum absolute atomic E-state index is 13.3. The molecule has 0 N–H and O–H groups in total. The van der Waals surface area contributed by atoms with Crippen molar-refractivity contribution < 1.29 is 22.7 Å². The number of alkyl halides is 3. The lowest BCUT2D eigenvalue weighted by molar-refractivity contribution is -0.146. The Labute approximate surface area is 143 Å². The Morgan fingerprint density at radius 1 is 1.28 bits per heavy atom. The number of hydrogen-bond acceptors (Lipinski definition) is 4. The van der Waals surface area contributed by atoms with Crippen LogP contribution in [-0.4, -0.2) is 31.2 Å². The number of hydrogen-bond donors (Lipinski definition) is 0. The average Bonchev–Trinajstić information content (AvgIpc) is 2.58. The van der Waals surface area contributed by atoms with Gasteiger partial charge in [0.2, 0.25) is 0 Å². The number of methoxy groups -OCH3 is 1. The number of carbonyl (C=O) groups excluding carboxylic acids is 1. The molecule has 0 spiro atoms. The van der Waals surface area contributed by atoms with Crippen molar-refractivity contribution in [3.63, 3.8) is 0 Å². The second-order valence-corrected chi connectivity index (χ2v) is 6.50. The van der Waals surface area contributed by atoms with Gasteiger partial charge in [0, 0.05) is 30.4 Å². The number of esters is 1. The molecule has 2 atom stereocenters. The Kier molecular flexibility index (Phi) is 4.58. The highest BCUT2D eigenvalue weighted by atomic mass is 19.4. The van der Waals surface area contributed by atoms with Crippen LogP contribution in [0.2, 0.25) is 0 Å². The molecule has 0 aliphatic carbocycles. The van der Waals surface area contributed by atoms with Crippen molar-refractivity contribution in [2.45, 2.75) is 19.5 Å². The van der Waals surface area contributed by atoms with E-state index in [0.29, 0.717) is 30.6 Å². The number of piperidine rings is 1. The summed E-state index contributed by atoms with van der Waals surface area (Å²) in [5.41, 5.74) is -0.154. The van der Waals surface area contributed by atoms with E-state index in [1.165, 1.54) is 19.4 Å². The number of halogens is 3. The van der Waals surface area contributed by atoms with Crippen LogP contribution in [0.4, 0.5) is 18.9 Å². The van der Waals surface area contributed by atoms with E-state index in [4.69, 9.17) is 4.74 Å². The highest BCUT2D eigenvalue weighted by molar-refractivity contribution is 5.94. The quantitative estimate of drug-likeness (QED) is 0.769. The molecule has 0 bridgehead atoms. The first kappa shape index (κ1) is 17.5. The van der Waals surface area contributed by atoms with Gasteiger partial charge in [-0.3, -0.25) is 9.78 Å². The monoisotopic (exact) mass is 352 g/mol. The van der Waals surface area contributed by atoms with E-state index in [1.807, 2.05) is 11.8 Å². The molecule has 25 heavy (non-hydrogen) atoms. The summed E-state index contributed by atoms with van der Waals surface area (Å²) in [6.07, 6.45) is -2.40. The molecule has 134 valence electrons. The smallest absolute Gasteiger partial charge is 0.418 e. The fourth-order valence-electron chi connectivity index (χ4n) is 3.55. The maximum atomic E-state index is 13.3. The number of fused-ring (bicyclic) bond motifs is 1. The highest BCUT2D eigenvalue weighted by Gasteiger charge is 2.35. The van der Waals surface area contributed by atoms with E-state index in [9.17, 15) is 18.0 Å². The van der Waals surface area contributed by atoms with E-state index in [1.54, 1.807) is 12.1 Å². The second-order valence-electron chi connectivity index (χ2n) is 6.50. The molecule has 0 saturated carbocycles. The van der Waals surface area contributed by atoms with Crippen molar-refractivity contribution in [2.24, 2.45) is 11.8 Å².